The first-order valence-corrected chi connectivity index (χ1v) is 7.66. The number of halogens is 2. The molecule has 0 radical (unpaired) electrons. The van der Waals surface area contributed by atoms with Gasteiger partial charge in [0.05, 0.1) is 6.54 Å². The number of nitrogens with one attached hydrogen (secondary N) is 2. The molecule has 1 saturated carbocycles. The highest BCUT2D eigenvalue weighted by molar-refractivity contribution is 14.0. The molecule has 0 amide bonds. The first-order chi connectivity index (χ1) is 11.1. The second kappa shape index (κ2) is 7.91. The van der Waals surface area contributed by atoms with Crippen molar-refractivity contribution in [3.63, 3.8) is 0 Å². The molecular weight excluding hydrogens is 422 g/mol. The molecule has 1 heterocycles. The number of guanidine groups is 1. The van der Waals surface area contributed by atoms with E-state index in [2.05, 4.69) is 25.7 Å². The standard InChI is InChI=1S/C16H21FN6.HI/c1-18-15(19-9-14-21-11-22-23(14)2)20-10-16(7-8-16)12-3-5-13(17)6-4-12;/h3-6,11H,7-10H2,1-2H3,(H2,18,19,20);1H. The predicted molar refractivity (Wildman–Crippen MR) is 102 cm³/mol. The monoisotopic (exact) mass is 444 g/mol. The van der Waals surface area contributed by atoms with Crippen LogP contribution in [0.2, 0.25) is 0 Å². The lowest BCUT2D eigenvalue weighted by Crippen LogP contribution is -2.41. The fourth-order valence-electron chi connectivity index (χ4n) is 2.64. The molecule has 0 atom stereocenters. The fraction of sp³-hybridized carbons (Fsp3) is 0.438. The van der Waals surface area contributed by atoms with Crippen molar-refractivity contribution in [1.29, 1.82) is 0 Å². The van der Waals surface area contributed by atoms with Crippen molar-refractivity contribution < 1.29 is 4.39 Å². The number of aromatic nitrogens is 3. The molecule has 24 heavy (non-hydrogen) atoms. The zero-order chi connectivity index (χ0) is 16.3. The maximum Gasteiger partial charge on any atom is 0.191 e. The molecule has 3 rings (SSSR count). The molecule has 1 aliphatic rings. The van der Waals surface area contributed by atoms with E-state index in [1.54, 1.807) is 11.7 Å². The summed E-state index contributed by atoms with van der Waals surface area (Å²) in [6, 6.07) is 6.80. The van der Waals surface area contributed by atoms with Gasteiger partial charge in [-0.05, 0) is 30.5 Å². The van der Waals surface area contributed by atoms with Crippen LogP contribution < -0.4 is 10.6 Å². The first kappa shape index (κ1) is 18.6. The highest BCUT2D eigenvalue weighted by Crippen LogP contribution is 2.47. The molecule has 2 aromatic rings. The Balaban J connectivity index is 0.00000208. The molecule has 130 valence electrons. The Morgan fingerprint density at radius 3 is 2.54 bits per heavy atom. The van der Waals surface area contributed by atoms with Crippen molar-refractivity contribution in [1.82, 2.24) is 25.4 Å². The summed E-state index contributed by atoms with van der Waals surface area (Å²) < 4.78 is 14.8. The number of hydrogen-bond donors (Lipinski definition) is 2. The highest BCUT2D eigenvalue weighted by atomic mass is 127. The molecule has 1 fully saturated rings. The summed E-state index contributed by atoms with van der Waals surface area (Å²) in [6.07, 6.45) is 3.73. The molecule has 2 N–H and O–H groups in total. The van der Waals surface area contributed by atoms with E-state index in [1.807, 2.05) is 19.2 Å². The van der Waals surface area contributed by atoms with Crippen LogP contribution in [0, 0.1) is 5.82 Å². The van der Waals surface area contributed by atoms with Crippen LogP contribution in [0.3, 0.4) is 0 Å². The van der Waals surface area contributed by atoms with Gasteiger partial charge < -0.3 is 10.6 Å². The van der Waals surface area contributed by atoms with E-state index in [0.29, 0.717) is 6.54 Å². The molecule has 0 bridgehead atoms. The van der Waals surface area contributed by atoms with Crippen LogP contribution in [-0.4, -0.2) is 34.3 Å². The summed E-state index contributed by atoms with van der Waals surface area (Å²) in [5, 5.41) is 10.6. The quantitative estimate of drug-likeness (QED) is 0.421. The lowest BCUT2D eigenvalue weighted by molar-refractivity contribution is 0.615. The Kier molecular flexibility index (Phi) is 6.14. The molecule has 0 unspecified atom stereocenters. The number of rotatable bonds is 5. The average Bonchev–Trinajstić information content (AvgIpc) is 3.24. The lowest BCUT2D eigenvalue weighted by atomic mass is 9.96. The van der Waals surface area contributed by atoms with Crippen molar-refractivity contribution in [3.05, 3.63) is 47.8 Å². The maximum absolute atomic E-state index is 13.1. The van der Waals surface area contributed by atoms with Gasteiger partial charge in [-0.15, -0.1) is 24.0 Å². The second-order valence-corrected chi connectivity index (χ2v) is 5.87. The minimum absolute atomic E-state index is 0. The van der Waals surface area contributed by atoms with Crippen LogP contribution in [0.1, 0.15) is 24.2 Å². The summed E-state index contributed by atoms with van der Waals surface area (Å²) in [5.74, 6) is 1.37. The van der Waals surface area contributed by atoms with Crippen LogP contribution in [-0.2, 0) is 19.0 Å². The van der Waals surface area contributed by atoms with Crippen LogP contribution >= 0.6 is 24.0 Å². The van der Waals surface area contributed by atoms with Gasteiger partial charge in [-0.3, -0.25) is 9.67 Å². The summed E-state index contributed by atoms with van der Waals surface area (Å²) >= 11 is 0. The second-order valence-electron chi connectivity index (χ2n) is 5.87. The minimum Gasteiger partial charge on any atom is -0.356 e. The number of aliphatic imine (C=N–C) groups is 1. The topological polar surface area (TPSA) is 67.1 Å². The highest BCUT2D eigenvalue weighted by Gasteiger charge is 2.44. The Hall–Kier alpha value is -1.71. The van der Waals surface area contributed by atoms with E-state index >= 15 is 0 Å². The number of nitrogens with zero attached hydrogens (tertiary/aromatic N) is 4. The number of benzene rings is 1. The largest absolute Gasteiger partial charge is 0.356 e. The third kappa shape index (κ3) is 4.22. The Bertz CT molecular complexity index is 693. The van der Waals surface area contributed by atoms with E-state index in [9.17, 15) is 4.39 Å². The van der Waals surface area contributed by atoms with E-state index in [4.69, 9.17) is 0 Å². The van der Waals surface area contributed by atoms with Gasteiger partial charge in [0.25, 0.3) is 0 Å². The summed E-state index contributed by atoms with van der Waals surface area (Å²) in [6.45, 7) is 1.33. The van der Waals surface area contributed by atoms with Gasteiger partial charge in [-0.2, -0.15) is 5.10 Å². The molecule has 0 spiro atoms. The Labute approximate surface area is 158 Å². The summed E-state index contributed by atoms with van der Waals surface area (Å²) in [5.41, 5.74) is 1.27. The van der Waals surface area contributed by atoms with Gasteiger partial charge in [-0.25, -0.2) is 9.37 Å². The average molecular weight is 444 g/mol. The zero-order valence-electron chi connectivity index (χ0n) is 13.8. The van der Waals surface area contributed by atoms with Gasteiger partial charge in [0.1, 0.15) is 18.0 Å². The van der Waals surface area contributed by atoms with Gasteiger partial charge in [0.2, 0.25) is 0 Å². The molecule has 0 saturated heterocycles. The smallest absolute Gasteiger partial charge is 0.191 e. The van der Waals surface area contributed by atoms with E-state index in [-0.39, 0.29) is 35.2 Å². The molecule has 1 aliphatic carbocycles. The SMILES string of the molecule is CN=C(NCc1ncnn1C)NCC1(c2ccc(F)cc2)CC1.I. The number of hydrogen-bond acceptors (Lipinski definition) is 3. The van der Waals surface area contributed by atoms with Gasteiger partial charge in [-0.1, -0.05) is 12.1 Å². The molecule has 0 aliphatic heterocycles. The Morgan fingerprint density at radius 1 is 1.29 bits per heavy atom. The van der Waals surface area contributed by atoms with E-state index < -0.39 is 0 Å². The van der Waals surface area contributed by atoms with Gasteiger partial charge in [0, 0.05) is 26.1 Å². The van der Waals surface area contributed by atoms with Crippen LogP contribution in [0.15, 0.2) is 35.6 Å². The fourth-order valence-corrected chi connectivity index (χ4v) is 2.64. The first-order valence-electron chi connectivity index (χ1n) is 7.66. The third-order valence-corrected chi connectivity index (χ3v) is 4.35. The van der Waals surface area contributed by atoms with Crippen LogP contribution in [0.5, 0.6) is 0 Å². The number of aryl methyl sites for hydroxylation is 1. The molecular formula is C16H22FIN6. The van der Waals surface area contributed by atoms with E-state index in [0.717, 1.165) is 31.2 Å². The van der Waals surface area contributed by atoms with E-state index in [1.165, 1.54) is 24.0 Å². The Morgan fingerprint density at radius 2 is 2.00 bits per heavy atom. The van der Waals surface area contributed by atoms with Gasteiger partial charge >= 0.3 is 0 Å². The third-order valence-electron chi connectivity index (χ3n) is 4.35. The molecule has 6 nitrogen and oxygen atoms in total. The van der Waals surface area contributed by atoms with Crippen molar-refractivity contribution in [2.45, 2.75) is 24.8 Å². The normalized spacial score (nSPS) is 15.5. The summed E-state index contributed by atoms with van der Waals surface area (Å²) in [4.78, 5) is 8.40. The van der Waals surface area contributed by atoms with Gasteiger partial charge in [0.15, 0.2) is 5.96 Å². The lowest BCUT2D eigenvalue weighted by Gasteiger charge is -2.19. The van der Waals surface area contributed by atoms with Crippen LogP contribution in [0.25, 0.3) is 0 Å². The maximum atomic E-state index is 13.1. The predicted octanol–water partition coefficient (Wildman–Crippen LogP) is 1.97. The van der Waals surface area contributed by atoms with Crippen molar-refractivity contribution in [2.24, 2.45) is 12.0 Å². The van der Waals surface area contributed by atoms with Crippen LogP contribution in [0.4, 0.5) is 4.39 Å². The zero-order valence-corrected chi connectivity index (χ0v) is 16.1. The molecule has 1 aromatic carbocycles. The van der Waals surface area contributed by atoms with Crippen molar-refractivity contribution in [3.8, 4) is 0 Å². The minimum atomic E-state index is -0.196. The summed E-state index contributed by atoms with van der Waals surface area (Å²) in [7, 11) is 3.59. The van der Waals surface area contributed by atoms with Crippen molar-refractivity contribution in [2.75, 3.05) is 13.6 Å². The molecule has 8 heteroatoms. The van der Waals surface area contributed by atoms with Crippen molar-refractivity contribution >= 4 is 29.9 Å². The molecule has 1 aromatic heterocycles.